The average molecular weight is 405 g/mol. The molecule has 2 heterocycles. The maximum Gasteiger partial charge on any atom is 0.292 e. The van der Waals surface area contributed by atoms with Gasteiger partial charge in [-0.25, -0.2) is 0 Å². The second kappa shape index (κ2) is 9.87. The Labute approximate surface area is 173 Å². The van der Waals surface area contributed by atoms with Gasteiger partial charge in [-0.3, -0.25) is 4.79 Å². The van der Waals surface area contributed by atoms with Gasteiger partial charge in [0, 0.05) is 25.7 Å². The third-order valence-electron chi connectivity index (χ3n) is 5.67. The first-order chi connectivity index (χ1) is 14.0. The van der Waals surface area contributed by atoms with E-state index >= 15 is 0 Å². The lowest BCUT2D eigenvalue weighted by molar-refractivity contribution is -0.134. The normalized spacial score (nSPS) is 19.6. The van der Waals surface area contributed by atoms with Gasteiger partial charge < -0.3 is 28.7 Å². The van der Waals surface area contributed by atoms with Gasteiger partial charge in [0.15, 0.2) is 11.5 Å². The number of piperidine rings is 1. The third-order valence-corrected chi connectivity index (χ3v) is 5.67. The number of likely N-dealkylation sites (tertiary alicyclic amines) is 1. The van der Waals surface area contributed by atoms with E-state index < -0.39 is 0 Å². The zero-order chi connectivity index (χ0) is 20.8. The number of carbonyl (C=O) groups excluding carboxylic acids is 1. The van der Waals surface area contributed by atoms with E-state index in [2.05, 4.69) is 18.0 Å². The zero-order valence-electron chi connectivity index (χ0n) is 17.9. The number of nitrogens with zero attached hydrogens (tertiary/aromatic N) is 2. The SMILES string of the molecule is COc1ccc(CCN(C)[C@H]2CCCN(C(=O)C3=C(C)OCCO3)C2)cc1OC. The van der Waals surface area contributed by atoms with Crippen LogP contribution >= 0.6 is 0 Å². The summed E-state index contributed by atoms with van der Waals surface area (Å²) in [7, 11) is 5.42. The van der Waals surface area contributed by atoms with Crippen LogP contribution in [0.4, 0.5) is 0 Å². The third kappa shape index (κ3) is 5.15. The zero-order valence-corrected chi connectivity index (χ0v) is 17.9. The van der Waals surface area contributed by atoms with Crippen molar-refractivity contribution in [1.82, 2.24) is 9.80 Å². The van der Waals surface area contributed by atoms with Crippen LogP contribution in [-0.2, 0) is 20.7 Å². The molecule has 0 saturated carbocycles. The second-order valence-electron chi connectivity index (χ2n) is 7.55. The molecule has 1 fully saturated rings. The molecule has 0 aliphatic carbocycles. The molecule has 1 aromatic carbocycles. The van der Waals surface area contributed by atoms with Gasteiger partial charge >= 0.3 is 0 Å². The maximum absolute atomic E-state index is 12.9. The standard InChI is InChI=1S/C22H32N2O5/c1-16-21(29-13-12-28-16)22(25)24-10-5-6-18(15-24)23(2)11-9-17-7-8-19(26-3)20(14-17)27-4/h7-8,14,18H,5-6,9-13,15H2,1-4H3/t18-/m0/s1. The molecule has 160 valence electrons. The van der Waals surface area contributed by atoms with Crippen LogP contribution in [-0.4, -0.2) is 75.9 Å². The molecule has 0 bridgehead atoms. The summed E-state index contributed by atoms with van der Waals surface area (Å²) in [4.78, 5) is 17.1. The van der Waals surface area contributed by atoms with Crippen molar-refractivity contribution in [3.63, 3.8) is 0 Å². The van der Waals surface area contributed by atoms with E-state index in [4.69, 9.17) is 18.9 Å². The lowest BCUT2D eigenvalue weighted by Gasteiger charge is -2.38. The van der Waals surface area contributed by atoms with Crippen LogP contribution in [0.5, 0.6) is 11.5 Å². The molecule has 1 amide bonds. The quantitative estimate of drug-likeness (QED) is 0.696. The summed E-state index contributed by atoms with van der Waals surface area (Å²) in [5.41, 5.74) is 1.20. The van der Waals surface area contributed by atoms with Crippen molar-refractivity contribution in [2.45, 2.75) is 32.2 Å². The summed E-state index contributed by atoms with van der Waals surface area (Å²) in [6.45, 7) is 5.11. The van der Waals surface area contributed by atoms with Gasteiger partial charge in [-0.05, 0) is 50.9 Å². The van der Waals surface area contributed by atoms with Crippen molar-refractivity contribution in [3.8, 4) is 11.5 Å². The molecular formula is C22H32N2O5. The Kier molecular flexibility index (Phi) is 7.25. The van der Waals surface area contributed by atoms with E-state index in [0.717, 1.165) is 43.9 Å². The Morgan fingerprint density at radius 3 is 2.69 bits per heavy atom. The van der Waals surface area contributed by atoms with Crippen molar-refractivity contribution in [2.75, 3.05) is 54.1 Å². The van der Waals surface area contributed by atoms with Gasteiger partial charge in [0.1, 0.15) is 19.0 Å². The Morgan fingerprint density at radius 2 is 1.97 bits per heavy atom. The van der Waals surface area contributed by atoms with Gasteiger partial charge in [0.25, 0.3) is 5.91 Å². The Balaban J connectivity index is 1.57. The number of allylic oxidation sites excluding steroid dienone is 1. The summed E-state index contributed by atoms with van der Waals surface area (Å²) in [5, 5.41) is 0. The van der Waals surface area contributed by atoms with E-state index in [9.17, 15) is 4.79 Å². The molecule has 3 rings (SSSR count). The number of amides is 1. The largest absolute Gasteiger partial charge is 0.493 e. The van der Waals surface area contributed by atoms with Crippen LogP contribution in [0.15, 0.2) is 29.7 Å². The summed E-state index contributed by atoms with van der Waals surface area (Å²) in [6, 6.07) is 6.37. The van der Waals surface area contributed by atoms with Crippen molar-refractivity contribution < 1.29 is 23.7 Å². The molecule has 0 radical (unpaired) electrons. The predicted molar refractivity (Wildman–Crippen MR) is 110 cm³/mol. The number of carbonyl (C=O) groups is 1. The van der Waals surface area contributed by atoms with Gasteiger partial charge in [-0.1, -0.05) is 6.07 Å². The molecular weight excluding hydrogens is 372 g/mol. The fraction of sp³-hybridized carbons (Fsp3) is 0.591. The van der Waals surface area contributed by atoms with Gasteiger partial charge in [-0.2, -0.15) is 0 Å². The first-order valence-corrected chi connectivity index (χ1v) is 10.2. The molecule has 0 unspecified atom stereocenters. The average Bonchev–Trinajstić information content (AvgIpc) is 2.77. The van der Waals surface area contributed by atoms with Crippen molar-refractivity contribution in [2.24, 2.45) is 0 Å². The highest BCUT2D eigenvalue weighted by Gasteiger charge is 2.30. The topological polar surface area (TPSA) is 60.5 Å². The molecule has 7 nitrogen and oxygen atoms in total. The molecule has 2 aliphatic heterocycles. The summed E-state index contributed by atoms with van der Waals surface area (Å²) < 4.78 is 21.8. The van der Waals surface area contributed by atoms with E-state index in [1.165, 1.54) is 5.56 Å². The molecule has 1 aromatic rings. The molecule has 1 saturated heterocycles. The highest BCUT2D eigenvalue weighted by Crippen LogP contribution is 2.28. The Bertz CT molecular complexity index is 749. The fourth-order valence-corrected chi connectivity index (χ4v) is 3.88. The Hall–Kier alpha value is -2.41. The number of rotatable bonds is 7. The molecule has 0 spiro atoms. The minimum atomic E-state index is -0.0554. The predicted octanol–water partition coefficient (Wildman–Crippen LogP) is 2.45. The minimum Gasteiger partial charge on any atom is -0.493 e. The highest BCUT2D eigenvalue weighted by atomic mass is 16.6. The number of likely N-dealkylation sites (N-methyl/N-ethyl adjacent to an activating group) is 1. The number of benzene rings is 1. The molecule has 0 aromatic heterocycles. The lowest BCUT2D eigenvalue weighted by Crippen LogP contribution is -2.49. The van der Waals surface area contributed by atoms with Crippen molar-refractivity contribution >= 4 is 5.91 Å². The summed E-state index contributed by atoms with van der Waals surface area (Å²) >= 11 is 0. The maximum atomic E-state index is 12.9. The van der Waals surface area contributed by atoms with Gasteiger partial charge in [0.2, 0.25) is 5.76 Å². The summed E-state index contributed by atoms with van der Waals surface area (Å²) in [5.74, 6) is 2.39. The van der Waals surface area contributed by atoms with Gasteiger partial charge in [0.05, 0.1) is 14.2 Å². The van der Waals surface area contributed by atoms with Crippen LogP contribution in [0.3, 0.4) is 0 Å². The van der Waals surface area contributed by atoms with E-state index in [1.54, 1.807) is 21.1 Å². The van der Waals surface area contributed by atoms with Crippen LogP contribution in [0.2, 0.25) is 0 Å². The lowest BCUT2D eigenvalue weighted by atomic mass is 10.0. The first-order valence-electron chi connectivity index (χ1n) is 10.2. The number of ether oxygens (including phenoxy) is 4. The van der Waals surface area contributed by atoms with Crippen LogP contribution in [0.25, 0.3) is 0 Å². The number of hydrogen-bond acceptors (Lipinski definition) is 6. The van der Waals surface area contributed by atoms with E-state index in [1.807, 2.05) is 17.0 Å². The number of methoxy groups -OCH3 is 2. The molecule has 1 atom stereocenters. The second-order valence-corrected chi connectivity index (χ2v) is 7.55. The van der Waals surface area contributed by atoms with Crippen LogP contribution < -0.4 is 9.47 Å². The molecule has 7 heteroatoms. The fourth-order valence-electron chi connectivity index (χ4n) is 3.88. The molecule has 29 heavy (non-hydrogen) atoms. The van der Waals surface area contributed by atoms with Crippen LogP contribution in [0, 0.1) is 0 Å². The molecule has 0 N–H and O–H groups in total. The number of hydrogen-bond donors (Lipinski definition) is 0. The monoisotopic (exact) mass is 404 g/mol. The minimum absolute atomic E-state index is 0.0554. The summed E-state index contributed by atoms with van der Waals surface area (Å²) in [6.07, 6.45) is 2.98. The molecule has 2 aliphatic rings. The Morgan fingerprint density at radius 1 is 1.21 bits per heavy atom. The van der Waals surface area contributed by atoms with E-state index in [-0.39, 0.29) is 5.91 Å². The van der Waals surface area contributed by atoms with Crippen molar-refractivity contribution in [1.29, 1.82) is 0 Å². The van der Waals surface area contributed by atoms with Crippen molar-refractivity contribution in [3.05, 3.63) is 35.3 Å². The van der Waals surface area contributed by atoms with Crippen LogP contribution in [0.1, 0.15) is 25.3 Å². The first kappa shape index (κ1) is 21.3. The highest BCUT2D eigenvalue weighted by molar-refractivity contribution is 5.92. The smallest absolute Gasteiger partial charge is 0.292 e. The van der Waals surface area contributed by atoms with Gasteiger partial charge in [-0.15, -0.1) is 0 Å². The van der Waals surface area contributed by atoms with E-state index in [0.29, 0.717) is 37.3 Å².